The smallest absolute Gasteiger partial charge is 0.264 e. The molecule has 0 saturated carbocycles. The van der Waals surface area contributed by atoms with Gasteiger partial charge in [-0.1, -0.05) is 43.3 Å². The summed E-state index contributed by atoms with van der Waals surface area (Å²) in [6.07, 6.45) is 0.949. The quantitative estimate of drug-likeness (QED) is 0.564. The van der Waals surface area contributed by atoms with Crippen LogP contribution < -0.4 is 9.64 Å². The molecular weight excluding hydrogens is 392 g/mol. The SMILES string of the molecule is C[C@@H]1CCN(C(=O)COc2ccc(-c3ccc(C#N)cc3)cc2)c2ccccc2S1. The Labute approximate surface area is 181 Å². The molecule has 0 bridgehead atoms. The highest BCUT2D eigenvalue weighted by atomic mass is 32.2. The van der Waals surface area contributed by atoms with Gasteiger partial charge in [-0.25, -0.2) is 0 Å². The van der Waals surface area contributed by atoms with Crippen LogP contribution in [0.4, 0.5) is 5.69 Å². The molecular formula is C25H22N2O2S. The van der Waals surface area contributed by atoms with Crippen molar-refractivity contribution in [2.24, 2.45) is 0 Å². The van der Waals surface area contributed by atoms with E-state index in [2.05, 4.69) is 19.1 Å². The number of carbonyl (C=O) groups excluding carboxylic acids is 1. The van der Waals surface area contributed by atoms with E-state index in [1.54, 1.807) is 12.1 Å². The van der Waals surface area contributed by atoms with E-state index < -0.39 is 0 Å². The lowest BCUT2D eigenvalue weighted by Gasteiger charge is -2.22. The number of anilines is 1. The summed E-state index contributed by atoms with van der Waals surface area (Å²) in [4.78, 5) is 15.9. The zero-order valence-electron chi connectivity index (χ0n) is 16.7. The summed E-state index contributed by atoms with van der Waals surface area (Å²) < 4.78 is 5.79. The lowest BCUT2D eigenvalue weighted by molar-refractivity contribution is -0.120. The van der Waals surface area contributed by atoms with Crippen molar-refractivity contribution < 1.29 is 9.53 Å². The summed E-state index contributed by atoms with van der Waals surface area (Å²) in [5, 5.41) is 9.39. The minimum absolute atomic E-state index is 0.00357. The van der Waals surface area contributed by atoms with Crippen molar-refractivity contribution in [3.63, 3.8) is 0 Å². The van der Waals surface area contributed by atoms with Crippen molar-refractivity contribution in [1.29, 1.82) is 5.26 Å². The second kappa shape index (κ2) is 9.06. The Hall–Kier alpha value is -3.23. The fourth-order valence-electron chi connectivity index (χ4n) is 3.45. The Morgan fingerprint density at radius 2 is 1.73 bits per heavy atom. The Kier molecular flexibility index (Phi) is 6.06. The Bertz CT molecular complexity index is 1070. The predicted octanol–water partition coefficient (Wildman–Crippen LogP) is 5.52. The molecule has 1 atom stereocenters. The number of amides is 1. The number of hydrogen-bond donors (Lipinski definition) is 0. The number of carbonyl (C=O) groups is 1. The number of fused-ring (bicyclic) bond motifs is 1. The van der Waals surface area contributed by atoms with Crippen LogP contribution in [0.2, 0.25) is 0 Å². The number of rotatable bonds is 4. The maximum absolute atomic E-state index is 12.9. The van der Waals surface area contributed by atoms with Gasteiger partial charge in [0.25, 0.3) is 5.91 Å². The standard InChI is InChI=1S/C25H22N2O2S/c1-18-14-15-27(23-4-2-3-5-24(23)30-18)25(28)17-29-22-12-10-21(11-13-22)20-8-6-19(16-26)7-9-20/h2-13,18H,14-15,17H2,1H3/t18-/m1/s1. The summed E-state index contributed by atoms with van der Waals surface area (Å²) in [6.45, 7) is 2.90. The third kappa shape index (κ3) is 4.50. The topological polar surface area (TPSA) is 53.3 Å². The van der Waals surface area contributed by atoms with Crippen LogP contribution in [0.5, 0.6) is 5.75 Å². The average molecular weight is 415 g/mol. The van der Waals surface area contributed by atoms with Gasteiger partial charge in [-0.15, -0.1) is 11.8 Å². The molecule has 1 aliphatic rings. The van der Waals surface area contributed by atoms with Crippen LogP contribution in [0.25, 0.3) is 11.1 Å². The van der Waals surface area contributed by atoms with E-state index in [0.29, 0.717) is 23.1 Å². The highest BCUT2D eigenvalue weighted by Crippen LogP contribution is 2.37. The van der Waals surface area contributed by atoms with Gasteiger partial charge in [-0.05, 0) is 53.9 Å². The molecule has 0 unspecified atom stereocenters. The van der Waals surface area contributed by atoms with Crippen LogP contribution >= 0.6 is 11.8 Å². The molecule has 150 valence electrons. The molecule has 0 aromatic heterocycles. The van der Waals surface area contributed by atoms with Crippen molar-refractivity contribution in [2.75, 3.05) is 18.1 Å². The van der Waals surface area contributed by atoms with Gasteiger partial charge >= 0.3 is 0 Å². The summed E-state index contributed by atoms with van der Waals surface area (Å²) in [5.41, 5.74) is 3.67. The molecule has 3 aromatic rings. The van der Waals surface area contributed by atoms with Crippen LogP contribution in [0.1, 0.15) is 18.9 Å². The number of nitriles is 1. The molecule has 0 fully saturated rings. The lowest BCUT2D eigenvalue weighted by atomic mass is 10.0. The van der Waals surface area contributed by atoms with Crippen molar-refractivity contribution in [2.45, 2.75) is 23.5 Å². The maximum atomic E-state index is 12.9. The number of para-hydroxylation sites is 1. The van der Waals surface area contributed by atoms with Gasteiger partial charge in [0.15, 0.2) is 6.61 Å². The first-order valence-electron chi connectivity index (χ1n) is 9.93. The molecule has 1 aliphatic heterocycles. The summed E-state index contributed by atoms with van der Waals surface area (Å²) in [5.74, 6) is 0.625. The number of ether oxygens (including phenoxy) is 1. The van der Waals surface area contributed by atoms with Gasteiger partial charge in [-0.3, -0.25) is 4.79 Å². The van der Waals surface area contributed by atoms with Gasteiger partial charge < -0.3 is 9.64 Å². The molecule has 1 amide bonds. The Balaban J connectivity index is 1.42. The van der Waals surface area contributed by atoms with Crippen LogP contribution in [0, 0.1) is 11.3 Å². The van der Waals surface area contributed by atoms with E-state index in [4.69, 9.17) is 10.00 Å². The molecule has 0 aliphatic carbocycles. The fourth-order valence-corrected chi connectivity index (χ4v) is 4.56. The molecule has 4 nitrogen and oxygen atoms in total. The van der Waals surface area contributed by atoms with Gasteiger partial charge in [0.05, 0.1) is 17.3 Å². The first-order valence-corrected chi connectivity index (χ1v) is 10.8. The van der Waals surface area contributed by atoms with E-state index in [9.17, 15) is 4.79 Å². The molecule has 30 heavy (non-hydrogen) atoms. The van der Waals surface area contributed by atoms with Crippen LogP contribution in [-0.4, -0.2) is 24.3 Å². The largest absolute Gasteiger partial charge is 0.484 e. The highest BCUT2D eigenvalue weighted by molar-refractivity contribution is 8.00. The number of benzene rings is 3. The van der Waals surface area contributed by atoms with Gasteiger partial charge in [0.1, 0.15) is 5.75 Å². The third-order valence-electron chi connectivity index (χ3n) is 5.11. The third-order valence-corrected chi connectivity index (χ3v) is 6.35. The summed E-state index contributed by atoms with van der Waals surface area (Å²) in [6, 6.07) is 25.3. The molecule has 0 spiro atoms. The van der Waals surface area contributed by atoms with E-state index in [1.807, 2.05) is 71.3 Å². The van der Waals surface area contributed by atoms with Gasteiger partial charge in [0.2, 0.25) is 0 Å². The second-order valence-electron chi connectivity index (χ2n) is 7.23. The molecule has 3 aromatic carbocycles. The zero-order valence-corrected chi connectivity index (χ0v) is 17.6. The lowest BCUT2D eigenvalue weighted by Crippen LogP contribution is -2.36. The zero-order chi connectivity index (χ0) is 20.9. The van der Waals surface area contributed by atoms with Crippen LogP contribution in [0.15, 0.2) is 77.7 Å². The number of thioether (sulfide) groups is 1. The summed E-state index contributed by atoms with van der Waals surface area (Å²) >= 11 is 1.82. The molecule has 4 rings (SSSR count). The molecule has 0 N–H and O–H groups in total. The number of hydrogen-bond acceptors (Lipinski definition) is 4. The minimum atomic E-state index is -0.0340. The molecule has 5 heteroatoms. The van der Waals surface area contributed by atoms with Crippen molar-refractivity contribution in [1.82, 2.24) is 0 Å². The first-order chi connectivity index (χ1) is 14.6. The average Bonchev–Trinajstić information content (AvgIpc) is 2.96. The van der Waals surface area contributed by atoms with Crippen LogP contribution in [0.3, 0.4) is 0 Å². The predicted molar refractivity (Wildman–Crippen MR) is 121 cm³/mol. The number of nitrogens with zero attached hydrogens (tertiary/aromatic N) is 2. The molecule has 0 saturated heterocycles. The first kappa shape index (κ1) is 20.1. The van der Waals surface area contributed by atoms with Crippen molar-refractivity contribution in [3.05, 3.63) is 78.4 Å². The fraction of sp³-hybridized carbons (Fsp3) is 0.200. The minimum Gasteiger partial charge on any atom is -0.484 e. The van der Waals surface area contributed by atoms with Gasteiger partial charge in [-0.2, -0.15) is 5.26 Å². The summed E-state index contributed by atoms with van der Waals surface area (Å²) in [7, 11) is 0. The van der Waals surface area contributed by atoms with Gasteiger partial charge in [0, 0.05) is 16.7 Å². The highest BCUT2D eigenvalue weighted by Gasteiger charge is 2.24. The van der Waals surface area contributed by atoms with Crippen molar-refractivity contribution >= 4 is 23.4 Å². The second-order valence-corrected chi connectivity index (χ2v) is 8.71. The van der Waals surface area contributed by atoms with E-state index in [-0.39, 0.29) is 12.5 Å². The van der Waals surface area contributed by atoms with E-state index in [0.717, 1.165) is 28.1 Å². The van der Waals surface area contributed by atoms with Crippen LogP contribution in [-0.2, 0) is 4.79 Å². The Morgan fingerprint density at radius 3 is 2.43 bits per heavy atom. The normalized spacial score (nSPS) is 15.6. The van der Waals surface area contributed by atoms with E-state index in [1.165, 1.54) is 0 Å². The van der Waals surface area contributed by atoms with Crippen molar-refractivity contribution in [3.8, 4) is 22.9 Å². The Morgan fingerprint density at radius 1 is 1.07 bits per heavy atom. The molecule has 0 radical (unpaired) electrons. The maximum Gasteiger partial charge on any atom is 0.264 e. The van der Waals surface area contributed by atoms with E-state index >= 15 is 0 Å². The molecule has 1 heterocycles. The monoisotopic (exact) mass is 414 g/mol.